The molecule has 1 unspecified atom stereocenters. The number of hydrogen-bond acceptors (Lipinski definition) is 2. The fourth-order valence-corrected chi connectivity index (χ4v) is 1.57. The van der Waals surface area contributed by atoms with Gasteiger partial charge in [0.2, 0.25) is 0 Å². The van der Waals surface area contributed by atoms with Crippen molar-refractivity contribution in [3.63, 3.8) is 0 Å². The van der Waals surface area contributed by atoms with E-state index in [2.05, 4.69) is 11.9 Å². The summed E-state index contributed by atoms with van der Waals surface area (Å²) in [7, 11) is 0. The zero-order valence-corrected chi connectivity index (χ0v) is 11.6. The number of halogens is 2. The standard InChI is InChI=1S/C13H15Cl2NO2/c1-3-4-7-18-9(2)13(17)16-12-8-10(14)5-6-11(12)15/h3,5-6,8-9H,1,4,7H2,2H3,(H,16,17). The number of carbonyl (C=O) groups excluding carboxylic acids is 1. The summed E-state index contributed by atoms with van der Waals surface area (Å²) in [5, 5.41) is 3.62. The van der Waals surface area contributed by atoms with E-state index in [9.17, 15) is 4.79 Å². The van der Waals surface area contributed by atoms with E-state index in [1.54, 1.807) is 31.2 Å². The van der Waals surface area contributed by atoms with Crippen LogP contribution in [0.1, 0.15) is 13.3 Å². The molecule has 1 aromatic rings. The van der Waals surface area contributed by atoms with Gasteiger partial charge in [0.25, 0.3) is 5.91 Å². The normalized spacial score (nSPS) is 11.9. The van der Waals surface area contributed by atoms with Crippen molar-refractivity contribution in [2.24, 2.45) is 0 Å². The van der Waals surface area contributed by atoms with Crippen LogP contribution in [-0.2, 0) is 9.53 Å². The summed E-state index contributed by atoms with van der Waals surface area (Å²) in [6, 6.07) is 4.88. The van der Waals surface area contributed by atoms with Crippen LogP contribution >= 0.6 is 23.2 Å². The molecule has 0 saturated carbocycles. The first-order valence-electron chi connectivity index (χ1n) is 5.53. The predicted octanol–water partition coefficient (Wildman–Crippen LogP) is 3.91. The maximum absolute atomic E-state index is 11.8. The number of nitrogens with one attached hydrogen (secondary N) is 1. The average molecular weight is 288 g/mol. The molecule has 0 aliphatic heterocycles. The van der Waals surface area contributed by atoms with Gasteiger partial charge in [0.1, 0.15) is 6.10 Å². The molecule has 1 rings (SSSR count). The van der Waals surface area contributed by atoms with Crippen molar-refractivity contribution in [2.75, 3.05) is 11.9 Å². The highest BCUT2D eigenvalue weighted by atomic mass is 35.5. The molecule has 0 spiro atoms. The highest BCUT2D eigenvalue weighted by molar-refractivity contribution is 6.35. The number of hydrogen-bond donors (Lipinski definition) is 1. The molecular formula is C13H15Cl2NO2. The minimum atomic E-state index is -0.556. The smallest absolute Gasteiger partial charge is 0.253 e. The van der Waals surface area contributed by atoms with E-state index < -0.39 is 6.10 Å². The van der Waals surface area contributed by atoms with Gasteiger partial charge in [-0.25, -0.2) is 0 Å². The Bertz CT molecular complexity index is 435. The van der Waals surface area contributed by atoms with Crippen molar-refractivity contribution in [2.45, 2.75) is 19.4 Å². The summed E-state index contributed by atoms with van der Waals surface area (Å²) in [5.74, 6) is -0.261. The molecule has 0 fully saturated rings. The molecule has 98 valence electrons. The third-order valence-electron chi connectivity index (χ3n) is 2.25. The Balaban J connectivity index is 2.58. The van der Waals surface area contributed by atoms with E-state index >= 15 is 0 Å². The summed E-state index contributed by atoms with van der Waals surface area (Å²) >= 11 is 11.8. The number of benzene rings is 1. The van der Waals surface area contributed by atoms with Crippen LogP contribution in [0.4, 0.5) is 5.69 Å². The minimum absolute atomic E-state index is 0.261. The second kappa shape index (κ2) is 7.41. The van der Waals surface area contributed by atoms with Gasteiger partial charge in [-0.2, -0.15) is 0 Å². The lowest BCUT2D eigenvalue weighted by atomic mass is 10.3. The van der Waals surface area contributed by atoms with Crippen LogP contribution in [-0.4, -0.2) is 18.6 Å². The van der Waals surface area contributed by atoms with Crippen LogP contribution in [0.25, 0.3) is 0 Å². The SMILES string of the molecule is C=CCCOC(C)C(=O)Nc1cc(Cl)ccc1Cl. The molecule has 1 N–H and O–H groups in total. The molecular weight excluding hydrogens is 273 g/mol. The summed E-state index contributed by atoms with van der Waals surface area (Å²) in [6.45, 7) is 5.72. The zero-order valence-electron chi connectivity index (χ0n) is 10.1. The first-order chi connectivity index (χ1) is 8.54. The lowest BCUT2D eigenvalue weighted by Gasteiger charge is -2.13. The van der Waals surface area contributed by atoms with E-state index in [0.29, 0.717) is 28.8 Å². The first kappa shape index (κ1) is 15.0. The van der Waals surface area contributed by atoms with Gasteiger partial charge in [0, 0.05) is 5.02 Å². The van der Waals surface area contributed by atoms with Crippen molar-refractivity contribution < 1.29 is 9.53 Å². The van der Waals surface area contributed by atoms with Crippen LogP contribution in [0, 0.1) is 0 Å². The van der Waals surface area contributed by atoms with Crippen molar-refractivity contribution >= 4 is 34.8 Å². The number of anilines is 1. The number of carbonyl (C=O) groups is 1. The highest BCUT2D eigenvalue weighted by Crippen LogP contribution is 2.25. The van der Waals surface area contributed by atoms with Gasteiger partial charge in [0.15, 0.2) is 0 Å². The number of rotatable bonds is 6. The molecule has 0 bridgehead atoms. The Morgan fingerprint density at radius 1 is 1.56 bits per heavy atom. The molecule has 3 nitrogen and oxygen atoms in total. The van der Waals surface area contributed by atoms with Gasteiger partial charge in [-0.1, -0.05) is 29.3 Å². The van der Waals surface area contributed by atoms with Gasteiger partial charge >= 0.3 is 0 Å². The molecule has 0 saturated heterocycles. The Labute approximate surface area is 117 Å². The fourth-order valence-electron chi connectivity index (χ4n) is 1.23. The van der Waals surface area contributed by atoms with E-state index in [0.717, 1.165) is 0 Å². The molecule has 1 amide bonds. The molecule has 0 aromatic heterocycles. The van der Waals surface area contributed by atoms with Gasteiger partial charge in [-0.15, -0.1) is 6.58 Å². The maximum atomic E-state index is 11.8. The van der Waals surface area contributed by atoms with Crippen molar-refractivity contribution in [3.05, 3.63) is 40.9 Å². The van der Waals surface area contributed by atoms with E-state index in [-0.39, 0.29) is 5.91 Å². The molecule has 18 heavy (non-hydrogen) atoms. The van der Waals surface area contributed by atoms with Crippen LogP contribution in [0.15, 0.2) is 30.9 Å². The second-order valence-corrected chi connectivity index (χ2v) is 4.55. The van der Waals surface area contributed by atoms with E-state index in [4.69, 9.17) is 27.9 Å². The summed E-state index contributed by atoms with van der Waals surface area (Å²) in [5.41, 5.74) is 0.480. The molecule has 1 atom stereocenters. The lowest BCUT2D eigenvalue weighted by Crippen LogP contribution is -2.28. The largest absolute Gasteiger partial charge is 0.368 e. The third kappa shape index (κ3) is 4.69. The highest BCUT2D eigenvalue weighted by Gasteiger charge is 2.14. The molecule has 0 aliphatic carbocycles. The van der Waals surface area contributed by atoms with Crippen molar-refractivity contribution in [1.82, 2.24) is 0 Å². The van der Waals surface area contributed by atoms with E-state index in [1.165, 1.54) is 0 Å². The molecule has 0 aliphatic rings. The Hall–Kier alpha value is -1.03. The van der Waals surface area contributed by atoms with Crippen LogP contribution < -0.4 is 5.32 Å². The monoisotopic (exact) mass is 287 g/mol. The molecule has 0 radical (unpaired) electrons. The maximum Gasteiger partial charge on any atom is 0.253 e. The Morgan fingerprint density at radius 2 is 2.28 bits per heavy atom. The summed E-state index contributed by atoms with van der Waals surface area (Å²) < 4.78 is 5.33. The van der Waals surface area contributed by atoms with E-state index in [1.807, 2.05) is 0 Å². The van der Waals surface area contributed by atoms with Crippen LogP contribution in [0.3, 0.4) is 0 Å². The third-order valence-corrected chi connectivity index (χ3v) is 2.81. The molecule has 0 heterocycles. The second-order valence-electron chi connectivity index (χ2n) is 3.70. The Kier molecular flexibility index (Phi) is 6.19. The first-order valence-corrected chi connectivity index (χ1v) is 6.28. The Morgan fingerprint density at radius 3 is 2.94 bits per heavy atom. The topological polar surface area (TPSA) is 38.3 Å². The molecule has 1 aromatic carbocycles. The van der Waals surface area contributed by atoms with Crippen molar-refractivity contribution in [3.8, 4) is 0 Å². The van der Waals surface area contributed by atoms with Crippen molar-refractivity contribution in [1.29, 1.82) is 0 Å². The predicted molar refractivity (Wildman–Crippen MR) is 75.3 cm³/mol. The van der Waals surface area contributed by atoms with Crippen LogP contribution in [0.2, 0.25) is 10.0 Å². The van der Waals surface area contributed by atoms with Gasteiger partial charge in [0.05, 0.1) is 17.3 Å². The minimum Gasteiger partial charge on any atom is -0.368 e. The van der Waals surface area contributed by atoms with Gasteiger partial charge < -0.3 is 10.1 Å². The number of ether oxygens (including phenoxy) is 1. The average Bonchev–Trinajstić information content (AvgIpc) is 2.34. The summed E-state index contributed by atoms with van der Waals surface area (Å²) in [6.07, 6.45) is 1.88. The summed E-state index contributed by atoms with van der Waals surface area (Å²) in [4.78, 5) is 11.8. The van der Waals surface area contributed by atoms with Crippen LogP contribution in [0.5, 0.6) is 0 Å². The fraction of sp³-hybridized carbons (Fsp3) is 0.308. The molecule has 5 heteroatoms. The zero-order chi connectivity index (χ0) is 13.5. The number of amides is 1. The van der Waals surface area contributed by atoms with Gasteiger partial charge in [-0.3, -0.25) is 4.79 Å². The van der Waals surface area contributed by atoms with Gasteiger partial charge in [-0.05, 0) is 31.5 Å². The lowest BCUT2D eigenvalue weighted by molar-refractivity contribution is -0.126. The quantitative estimate of drug-likeness (QED) is 0.636.